The van der Waals surface area contributed by atoms with Crippen molar-refractivity contribution in [1.29, 1.82) is 0 Å². The number of aliphatic carboxylic acids is 1. The summed E-state index contributed by atoms with van der Waals surface area (Å²) in [5.74, 6) is -2.95. The summed E-state index contributed by atoms with van der Waals surface area (Å²) in [6.45, 7) is 3.48. The molecular weight excluding hydrogens is 420 g/mol. The van der Waals surface area contributed by atoms with E-state index in [0.717, 1.165) is 0 Å². The summed E-state index contributed by atoms with van der Waals surface area (Å²) in [6, 6.07) is 7.38. The molecule has 4 rings (SSSR count). The fourth-order valence-corrected chi connectivity index (χ4v) is 5.35. The third kappa shape index (κ3) is 4.15. The molecule has 2 bridgehead atoms. The SMILES string of the molecule is Cc1cc(C)nc(NS(=O)(=O)c2ccc(NC(=O)[C@H]3[C@@H](C(=O)O)[C@@H]4C=C[C@H]3C4)cc2)n1. The zero-order chi connectivity index (χ0) is 22.3. The topological polar surface area (TPSA) is 138 Å². The van der Waals surface area contributed by atoms with Crippen molar-refractivity contribution in [1.82, 2.24) is 9.97 Å². The third-order valence-corrected chi connectivity index (χ3v) is 7.03. The van der Waals surface area contributed by atoms with Crippen LogP contribution in [-0.4, -0.2) is 35.4 Å². The molecule has 4 atom stereocenters. The van der Waals surface area contributed by atoms with Crippen molar-refractivity contribution in [2.45, 2.75) is 25.2 Å². The first-order valence-corrected chi connectivity index (χ1v) is 11.3. The number of carboxylic acid groups (broad SMARTS) is 1. The molecule has 1 amide bonds. The minimum absolute atomic E-state index is 0.0143. The smallest absolute Gasteiger partial charge is 0.307 e. The van der Waals surface area contributed by atoms with Gasteiger partial charge in [0.15, 0.2) is 0 Å². The molecule has 10 heteroatoms. The molecule has 1 heterocycles. The number of benzene rings is 1. The van der Waals surface area contributed by atoms with E-state index >= 15 is 0 Å². The highest BCUT2D eigenvalue weighted by atomic mass is 32.2. The average molecular weight is 442 g/mol. The summed E-state index contributed by atoms with van der Waals surface area (Å²) in [6.07, 6.45) is 4.45. The quantitative estimate of drug-likeness (QED) is 0.584. The molecule has 0 aliphatic heterocycles. The molecule has 1 saturated carbocycles. The standard InChI is InChI=1S/C21H22N4O5S/c1-11-9-12(2)23-21(22-11)25-31(29,30)16-7-5-15(6-8-16)24-19(26)17-13-3-4-14(10-13)18(17)20(27)28/h3-9,13-14,17-18H,10H2,1-2H3,(H,24,26)(H,27,28)(H,22,23,25)/t13-,14+,17+,18-/m0/s1. The summed E-state index contributed by atoms with van der Waals surface area (Å²) in [5, 5.41) is 12.2. The van der Waals surface area contributed by atoms with Crippen LogP contribution in [0.15, 0.2) is 47.4 Å². The van der Waals surface area contributed by atoms with E-state index in [2.05, 4.69) is 20.0 Å². The van der Waals surface area contributed by atoms with E-state index in [1.807, 2.05) is 12.2 Å². The van der Waals surface area contributed by atoms with Gasteiger partial charge in [-0.1, -0.05) is 12.2 Å². The van der Waals surface area contributed by atoms with Gasteiger partial charge in [-0.05, 0) is 62.4 Å². The number of anilines is 2. The Labute approximate surface area is 179 Å². The summed E-state index contributed by atoms with van der Waals surface area (Å²) >= 11 is 0. The van der Waals surface area contributed by atoms with Crippen LogP contribution in [0.5, 0.6) is 0 Å². The van der Waals surface area contributed by atoms with Crippen LogP contribution < -0.4 is 10.0 Å². The Morgan fingerprint density at radius 3 is 2.16 bits per heavy atom. The molecule has 0 saturated heterocycles. The Bertz CT molecular complexity index is 1160. The van der Waals surface area contributed by atoms with E-state index in [9.17, 15) is 23.1 Å². The lowest BCUT2D eigenvalue weighted by atomic mass is 9.82. The number of amides is 1. The number of hydrogen-bond acceptors (Lipinski definition) is 6. The average Bonchev–Trinajstić information content (AvgIpc) is 3.28. The number of hydrogen-bond donors (Lipinski definition) is 3. The summed E-state index contributed by atoms with van der Waals surface area (Å²) in [4.78, 5) is 32.5. The zero-order valence-corrected chi connectivity index (χ0v) is 17.8. The lowest BCUT2D eigenvalue weighted by Gasteiger charge is -2.23. The van der Waals surface area contributed by atoms with Crippen molar-refractivity contribution < 1.29 is 23.1 Å². The van der Waals surface area contributed by atoms with Gasteiger partial charge in [0.05, 0.1) is 16.7 Å². The number of aromatic nitrogens is 2. The monoisotopic (exact) mass is 442 g/mol. The number of allylic oxidation sites excluding steroid dienone is 2. The van der Waals surface area contributed by atoms with Crippen LogP contribution in [0.4, 0.5) is 11.6 Å². The summed E-state index contributed by atoms with van der Waals surface area (Å²) in [7, 11) is -3.91. The van der Waals surface area contributed by atoms with Gasteiger partial charge in [-0.2, -0.15) is 0 Å². The van der Waals surface area contributed by atoms with Gasteiger partial charge >= 0.3 is 5.97 Å². The van der Waals surface area contributed by atoms with Crippen LogP contribution in [0, 0.1) is 37.5 Å². The zero-order valence-electron chi connectivity index (χ0n) is 16.9. The highest BCUT2D eigenvalue weighted by molar-refractivity contribution is 7.92. The normalized spacial score (nSPS) is 24.2. The molecule has 1 aromatic heterocycles. The first kappa shape index (κ1) is 21.0. The van der Waals surface area contributed by atoms with Crippen LogP contribution in [0.2, 0.25) is 0 Å². The second-order valence-corrected chi connectivity index (χ2v) is 9.61. The molecule has 3 N–H and O–H groups in total. The van der Waals surface area contributed by atoms with Crippen LogP contribution >= 0.6 is 0 Å². The maximum atomic E-state index is 12.8. The number of carboxylic acids is 1. The Hall–Kier alpha value is -3.27. The lowest BCUT2D eigenvalue weighted by molar-refractivity contribution is -0.146. The molecule has 0 unspecified atom stereocenters. The van der Waals surface area contributed by atoms with E-state index in [1.165, 1.54) is 24.3 Å². The van der Waals surface area contributed by atoms with Crippen LogP contribution in [-0.2, 0) is 19.6 Å². The van der Waals surface area contributed by atoms with Crippen molar-refractivity contribution in [3.63, 3.8) is 0 Å². The number of fused-ring (bicyclic) bond motifs is 2. The van der Waals surface area contributed by atoms with Crippen molar-refractivity contribution in [2.75, 3.05) is 10.0 Å². The lowest BCUT2D eigenvalue weighted by Crippen LogP contribution is -2.36. The highest BCUT2D eigenvalue weighted by Gasteiger charge is 2.51. The number of rotatable bonds is 6. The molecular formula is C21H22N4O5S. The fraction of sp³-hybridized carbons (Fsp3) is 0.333. The minimum atomic E-state index is -3.91. The van der Waals surface area contributed by atoms with Gasteiger partial charge < -0.3 is 10.4 Å². The van der Waals surface area contributed by atoms with E-state index in [4.69, 9.17) is 0 Å². The second-order valence-electron chi connectivity index (χ2n) is 7.93. The molecule has 162 valence electrons. The maximum Gasteiger partial charge on any atom is 0.307 e. The minimum Gasteiger partial charge on any atom is -0.481 e. The van der Waals surface area contributed by atoms with Gasteiger partial charge in [-0.15, -0.1) is 0 Å². The van der Waals surface area contributed by atoms with E-state index in [-0.39, 0.29) is 28.6 Å². The van der Waals surface area contributed by atoms with Crippen LogP contribution in [0.1, 0.15) is 17.8 Å². The number of nitrogens with one attached hydrogen (secondary N) is 2. The fourth-order valence-electron chi connectivity index (χ4n) is 4.41. The molecule has 1 aromatic carbocycles. The summed E-state index contributed by atoms with van der Waals surface area (Å²) in [5.41, 5.74) is 1.67. The van der Waals surface area contributed by atoms with Gasteiger partial charge in [-0.3, -0.25) is 9.59 Å². The van der Waals surface area contributed by atoms with Gasteiger partial charge in [0.1, 0.15) is 0 Å². The predicted molar refractivity (Wildman–Crippen MR) is 113 cm³/mol. The largest absolute Gasteiger partial charge is 0.481 e. The van der Waals surface area contributed by atoms with E-state index in [0.29, 0.717) is 23.5 Å². The number of nitrogens with zero attached hydrogens (tertiary/aromatic N) is 2. The van der Waals surface area contributed by atoms with Crippen molar-refractivity contribution in [3.8, 4) is 0 Å². The molecule has 0 radical (unpaired) electrons. The second kappa shape index (κ2) is 7.77. The molecule has 0 spiro atoms. The predicted octanol–water partition coefficient (Wildman–Crippen LogP) is 2.36. The van der Waals surface area contributed by atoms with Crippen molar-refractivity contribution in [3.05, 3.63) is 53.9 Å². The number of aryl methyl sites for hydroxylation is 2. The van der Waals surface area contributed by atoms with Crippen molar-refractivity contribution >= 4 is 33.5 Å². The number of carbonyl (C=O) groups excluding carboxylic acids is 1. The van der Waals surface area contributed by atoms with Gasteiger partial charge in [0.2, 0.25) is 11.9 Å². The Morgan fingerprint density at radius 1 is 1.00 bits per heavy atom. The molecule has 9 nitrogen and oxygen atoms in total. The highest BCUT2D eigenvalue weighted by Crippen LogP contribution is 2.48. The third-order valence-electron chi connectivity index (χ3n) is 5.69. The summed E-state index contributed by atoms with van der Waals surface area (Å²) < 4.78 is 27.6. The van der Waals surface area contributed by atoms with E-state index < -0.39 is 27.8 Å². The van der Waals surface area contributed by atoms with Gasteiger partial charge in [0, 0.05) is 17.1 Å². The molecule has 2 aliphatic carbocycles. The number of sulfonamides is 1. The Morgan fingerprint density at radius 2 is 1.58 bits per heavy atom. The van der Waals surface area contributed by atoms with Crippen LogP contribution in [0.3, 0.4) is 0 Å². The molecule has 1 fully saturated rings. The molecule has 2 aromatic rings. The van der Waals surface area contributed by atoms with Gasteiger partial charge in [-0.25, -0.2) is 23.1 Å². The van der Waals surface area contributed by atoms with Crippen LogP contribution in [0.25, 0.3) is 0 Å². The maximum absolute atomic E-state index is 12.8. The first-order valence-electron chi connectivity index (χ1n) is 9.81. The van der Waals surface area contributed by atoms with Gasteiger partial charge in [0.25, 0.3) is 10.0 Å². The molecule has 2 aliphatic rings. The Balaban J connectivity index is 1.47. The number of carbonyl (C=O) groups is 2. The van der Waals surface area contributed by atoms with E-state index in [1.54, 1.807) is 19.9 Å². The molecule has 31 heavy (non-hydrogen) atoms. The van der Waals surface area contributed by atoms with Crippen molar-refractivity contribution in [2.24, 2.45) is 23.7 Å². The first-order chi connectivity index (χ1) is 14.6. The Kier molecular flexibility index (Phi) is 5.26.